The topological polar surface area (TPSA) is 50.3 Å². The molecule has 2 aromatic carbocycles. The molecule has 1 amide bonds. The summed E-state index contributed by atoms with van der Waals surface area (Å²) in [6.07, 6.45) is 2.87. The number of pyridine rings is 1. The van der Waals surface area contributed by atoms with Gasteiger partial charge in [0, 0.05) is 42.9 Å². The smallest absolute Gasteiger partial charge is 0.226 e. The summed E-state index contributed by atoms with van der Waals surface area (Å²) >= 11 is 0. The number of ketones is 1. The molecule has 1 aromatic heterocycles. The number of halogens is 2. The van der Waals surface area contributed by atoms with Gasteiger partial charge in [-0.1, -0.05) is 37.3 Å². The predicted molar refractivity (Wildman–Crippen MR) is 117 cm³/mol. The third kappa shape index (κ3) is 5.02. The Hall–Kier alpha value is -3.41. The molecular formula is C25H24F2N2O2. The maximum Gasteiger partial charge on any atom is 0.226 e. The second-order valence-corrected chi connectivity index (χ2v) is 7.37. The Labute approximate surface area is 180 Å². The first-order valence-corrected chi connectivity index (χ1v) is 10.1. The molecule has 160 valence electrons. The molecule has 0 aliphatic heterocycles. The molecule has 0 saturated carbocycles. The van der Waals surface area contributed by atoms with Crippen LogP contribution in [0, 0.1) is 18.6 Å². The quantitative estimate of drug-likeness (QED) is 0.471. The molecule has 0 N–H and O–H groups in total. The van der Waals surface area contributed by atoms with Crippen molar-refractivity contribution in [3.8, 4) is 11.1 Å². The van der Waals surface area contributed by atoms with Gasteiger partial charge in [0.2, 0.25) is 5.91 Å². The van der Waals surface area contributed by atoms with Crippen LogP contribution in [0.25, 0.3) is 11.1 Å². The van der Waals surface area contributed by atoms with Crippen LogP contribution in [0.4, 0.5) is 14.5 Å². The molecule has 31 heavy (non-hydrogen) atoms. The molecule has 1 heterocycles. The average molecular weight is 422 g/mol. The van der Waals surface area contributed by atoms with E-state index in [4.69, 9.17) is 0 Å². The first-order chi connectivity index (χ1) is 14.8. The van der Waals surface area contributed by atoms with E-state index in [1.54, 1.807) is 37.4 Å². The number of aryl methyl sites for hydroxylation is 2. The van der Waals surface area contributed by atoms with E-state index in [2.05, 4.69) is 4.98 Å². The second kappa shape index (κ2) is 9.60. The molecule has 0 unspecified atom stereocenters. The standard InChI is InChI=1S/C25H24F2N2O2/c1-4-23(31)29(3)21-13-12-20(24(26)25(21)27)18-8-10-19(11-9-18)22(30)14-7-17-6-5-16(2)28-15-17/h5-6,8-13,15H,4,7,14H2,1-3H3. The number of anilines is 1. The molecule has 0 radical (unpaired) electrons. The van der Waals surface area contributed by atoms with Gasteiger partial charge < -0.3 is 4.90 Å². The zero-order valence-electron chi connectivity index (χ0n) is 17.8. The lowest BCUT2D eigenvalue weighted by atomic mass is 9.99. The van der Waals surface area contributed by atoms with E-state index in [9.17, 15) is 18.4 Å². The molecule has 0 fully saturated rings. The Morgan fingerprint density at radius 3 is 2.29 bits per heavy atom. The molecule has 0 saturated heterocycles. The Bertz CT molecular complexity index is 1090. The van der Waals surface area contributed by atoms with Crippen molar-refractivity contribution in [1.29, 1.82) is 0 Å². The summed E-state index contributed by atoms with van der Waals surface area (Å²) in [6.45, 7) is 3.56. The molecule has 6 heteroatoms. The van der Waals surface area contributed by atoms with Crippen LogP contribution in [0.2, 0.25) is 0 Å². The van der Waals surface area contributed by atoms with Crippen molar-refractivity contribution < 1.29 is 18.4 Å². The van der Waals surface area contributed by atoms with Gasteiger partial charge in [0.05, 0.1) is 5.69 Å². The van der Waals surface area contributed by atoms with Crippen LogP contribution in [0.5, 0.6) is 0 Å². The van der Waals surface area contributed by atoms with Gasteiger partial charge in [-0.3, -0.25) is 14.6 Å². The number of amides is 1. The first kappa shape index (κ1) is 22.3. The number of carbonyl (C=O) groups is 2. The number of rotatable bonds is 7. The minimum Gasteiger partial charge on any atom is -0.313 e. The molecule has 0 atom stereocenters. The fourth-order valence-electron chi connectivity index (χ4n) is 3.28. The van der Waals surface area contributed by atoms with Crippen LogP contribution in [0.3, 0.4) is 0 Å². The van der Waals surface area contributed by atoms with E-state index in [-0.39, 0.29) is 29.4 Å². The van der Waals surface area contributed by atoms with Gasteiger partial charge in [-0.2, -0.15) is 0 Å². The summed E-state index contributed by atoms with van der Waals surface area (Å²) in [5.74, 6) is -2.45. The van der Waals surface area contributed by atoms with Crippen LogP contribution in [0.1, 0.15) is 41.4 Å². The Kier molecular flexibility index (Phi) is 6.90. The van der Waals surface area contributed by atoms with Crippen LogP contribution < -0.4 is 4.90 Å². The summed E-state index contributed by atoms with van der Waals surface area (Å²) < 4.78 is 29.2. The first-order valence-electron chi connectivity index (χ1n) is 10.1. The van der Waals surface area contributed by atoms with Crippen molar-refractivity contribution in [1.82, 2.24) is 4.98 Å². The van der Waals surface area contributed by atoms with Gasteiger partial charge >= 0.3 is 0 Å². The van der Waals surface area contributed by atoms with Gasteiger partial charge in [-0.05, 0) is 42.7 Å². The van der Waals surface area contributed by atoms with Gasteiger partial charge in [-0.25, -0.2) is 8.78 Å². The highest BCUT2D eigenvalue weighted by Gasteiger charge is 2.20. The summed E-state index contributed by atoms with van der Waals surface area (Å²) in [5, 5.41) is 0. The van der Waals surface area contributed by atoms with E-state index in [0.29, 0.717) is 24.0 Å². The zero-order valence-corrected chi connectivity index (χ0v) is 17.8. The summed E-state index contributed by atoms with van der Waals surface area (Å²) in [4.78, 5) is 29.6. The molecule has 0 aliphatic carbocycles. The van der Waals surface area contributed by atoms with Gasteiger partial charge in [0.25, 0.3) is 0 Å². The Balaban J connectivity index is 1.74. The third-order valence-electron chi connectivity index (χ3n) is 5.23. The maximum atomic E-state index is 14.7. The van der Waals surface area contributed by atoms with Crippen molar-refractivity contribution in [3.63, 3.8) is 0 Å². The van der Waals surface area contributed by atoms with E-state index in [1.165, 1.54) is 19.2 Å². The Morgan fingerprint density at radius 1 is 0.968 bits per heavy atom. The largest absolute Gasteiger partial charge is 0.313 e. The number of hydrogen-bond donors (Lipinski definition) is 0. The fraction of sp³-hybridized carbons (Fsp3) is 0.240. The molecule has 4 nitrogen and oxygen atoms in total. The summed E-state index contributed by atoms with van der Waals surface area (Å²) in [7, 11) is 1.41. The van der Waals surface area contributed by atoms with E-state index in [1.807, 2.05) is 19.1 Å². The van der Waals surface area contributed by atoms with Gasteiger partial charge in [-0.15, -0.1) is 0 Å². The number of hydrogen-bond acceptors (Lipinski definition) is 3. The van der Waals surface area contributed by atoms with Crippen molar-refractivity contribution in [2.24, 2.45) is 0 Å². The molecule has 3 rings (SSSR count). The summed E-state index contributed by atoms with van der Waals surface area (Å²) in [6, 6.07) is 13.1. The van der Waals surface area contributed by atoms with Crippen LogP contribution in [-0.4, -0.2) is 23.7 Å². The molecule has 0 spiro atoms. The number of nitrogens with zero attached hydrogens (tertiary/aromatic N) is 2. The predicted octanol–water partition coefficient (Wildman–Crippen LogP) is 5.52. The minimum atomic E-state index is -1.08. The van der Waals surface area contributed by atoms with E-state index in [0.717, 1.165) is 16.2 Å². The van der Waals surface area contributed by atoms with Gasteiger partial charge in [0.1, 0.15) is 0 Å². The van der Waals surface area contributed by atoms with E-state index >= 15 is 0 Å². The van der Waals surface area contributed by atoms with Crippen molar-refractivity contribution in [2.45, 2.75) is 33.1 Å². The minimum absolute atomic E-state index is 0.0335. The number of carbonyl (C=O) groups excluding carboxylic acids is 2. The van der Waals surface area contributed by atoms with E-state index < -0.39 is 11.6 Å². The Morgan fingerprint density at radius 2 is 1.68 bits per heavy atom. The lowest BCUT2D eigenvalue weighted by Gasteiger charge is -2.18. The maximum absolute atomic E-state index is 14.7. The van der Waals surface area contributed by atoms with Crippen molar-refractivity contribution in [2.75, 3.05) is 11.9 Å². The molecular weight excluding hydrogens is 398 g/mol. The lowest BCUT2D eigenvalue weighted by Crippen LogP contribution is -2.26. The normalized spacial score (nSPS) is 10.7. The molecule has 3 aromatic rings. The van der Waals surface area contributed by atoms with Crippen LogP contribution in [0.15, 0.2) is 54.7 Å². The van der Waals surface area contributed by atoms with Crippen LogP contribution >= 0.6 is 0 Å². The van der Waals surface area contributed by atoms with Gasteiger partial charge in [0.15, 0.2) is 17.4 Å². The molecule has 0 bridgehead atoms. The average Bonchev–Trinajstić information content (AvgIpc) is 2.79. The third-order valence-corrected chi connectivity index (χ3v) is 5.23. The monoisotopic (exact) mass is 422 g/mol. The number of Topliss-reactive ketones (excluding diaryl/α,β-unsaturated/α-hetero) is 1. The lowest BCUT2D eigenvalue weighted by molar-refractivity contribution is -0.118. The highest BCUT2D eigenvalue weighted by Crippen LogP contribution is 2.30. The SMILES string of the molecule is CCC(=O)N(C)c1ccc(-c2ccc(C(=O)CCc3ccc(C)nc3)cc2)c(F)c1F. The van der Waals surface area contributed by atoms with Crippen molar-refractivity contribution in [3.05, 3.63) is 83.2 Å². The highest BCUT2D eigenvalue weighted by atomic mass is 19.2. The summed E-state index contributed by atoms with van der Waals surface area (Å²) in [5.41, 5.74) is 2.83. The van der Waals surface area contributed by atoms with Crippen molar-refractivity contribution >= 4 is 17.4 Å². The fourth-order valence-corrected chi connectivity index (χ4v) is 3.28. The zero-order chi connectivity index (χ0) is 22.5. The second-order valence-electron chi connectivity index (χ2n) is 7.37. The highest BCUT2D eigenvalue weighted by molar-refractivity contribution is 5.96. The van der Waals surface area contributed by atoms with Crippen LogP contribution in [-0.2, 0) is 11.2 Å². The number of benzene rings is 2. The number of aromatic nitrogens is 1. The molecule has 0 aliphatic rings.